The highest BCUT2D eigenvalue weighted by Crippen LogP contribution is 2.52. The summed E-state index contributed by atoms with van der Waals surface area (Å²) in [6.07, 6.45) is 5.46. The summed E-state index contributed by atoms with van der Waals surface area (Å²) in [6, 6.07) is 12.5. The van der Waals surface area contributed by atoms with E-state index < -0.39 is 5.41 Å². The monoisotopic (exact) mass is 291 g/mol. The molecule has 1 saturated heterocycles. The van der Waals surface area contributed by atoms with Gasteiger partial charge in [-0.1, -0.05) is 30.3 Å². The molecule has 3 heteroatoms. The van der Waals surface area contributed by atoms with Gasteiger partial charge < -0.3 is 10.1 Å². The Morgan fingerprint density at radius 2 is 2.00 bits per heavy atom. The summed E-state index contributed by atoms with van der Waals surface area (Å²) in [6.45, 7) is 0.465. The second-order valence-corrected chi connectivity index (χ2v) is 6.55. The molecule has 2 atom stereocenters. The zero-order valence-corrected chi connectivity index (χ0v) is 12.3. The molecule has 5 rings (SSSR count). The molecular formula is C19H17NO2. The van der Waals surface area contributed by atoms with Crippen LogP contribution in [0.4, 0.5) is 0 Å². The fourth-order valence-corrected chi connectivity index (χ4v) is 4.36. The summed E-state index contributed by atoms with van der Waals surface area (Å²) in [4.78, 5) is 12.8. The molecule has 0 aromatic heterocycles. The molecule has 1 spiro atoms. The maximum absolute atomic E-state index is 12.8. The summed E-state index contributed by atoms with van der Waals surface area (Å²) < 4.78 is 5.98. The molecule has 0 bridgehead atoms. The van der Waals surface area contributed by atoms with Crippen molar-refractivity contribution in [3.63, 3.8) is 0 Å². The van der Waals surface area contributed by atoms with Gasteiger partial charge in [0.1, 0.15) is 17.8 Å². The van der Waals surface area contributed by atoms with Crippen LogP contribution in [0.5, 0.6) is 5.75 Å². The third-order valence-electron chi connectivity index (χ3n) is 5.48. The Morgan fingerprint density at radius 3 is 2.86 bits per heavy atom. The number of amides is 1. The van der Waals surface area contributed by atoms with Gasteiger partial charge in [-0.15, -0.1) is 0 Å². The Bertz CT molecular complexity index is 838. The molecular weight excluding hydrogens is 274 g/mol. The molecule has 2 unspecified atom stereocenters. The minimum Gasteiger partial charge on any atom is -0.492 e. The van der Waals surface area contributed by atoms with Crippen molar-refractivity contribution in [2.75, 3.05) is 6.61 Å². The first-order chi connectivity index (χ1) is 10.8. The topological polar surface area (TPSA) is 38.3 Å². The van der Waals surface area contributed by atoms with Crippen molar-refractivity contribution in [2.45, 2.75) is 24.7 Å². The number of rotatable bonds is 0. The van der Waals surface area contributed by atoms with Crippen LogP contribution in [-0.4, -0.2) is 12.5 Å². The van der Waals surface area contributed by atoms with Crippen molar-refractivity contribution in [1.82, 2.24) is 5.32 Å². The molecule has 110 valence electrons. The minimum atomic E-state index is -0.522. The highest BCUT2D eigenvalue weighted by Gasteiger charge is 2.58. The first-order valence-corrected chi connectivity index (χ1v) is 7.97. The van der Waals surface area contributed by atoms with Crippen molar-refractivity contribution >= 4 is 16.7 Å². The first-order valence-electron chi connectivity index (χ1n) is 7.97. The number of carbonyl (C=O) groups is 1. The van der Waals surface area contributed by atoms with Crippen LogP contribution in [0.3, 0.4) is 0 Å². The highest BCUT2D eigenvalue weighted by atomic mass is 16.5. The van der Waals surface area contributed by atoms with Gasteiger partial charge in [-0.05, 0) is 42.2 Å². The maximum Gasteiger partial charge on any atom is 0.239 e. The lowest BCUT2D eigenvalue weighted by Gasteiger charge is -2.28. The van der Waals surface area contributed by atoms with E-state index in [1.807, 2.05) is 12.1 Å². The Balaban J connectivity index is 1.76. The average molecular weight is 291 g/mol. The molecule has 3 nitrogen and oxygen atoms in total. The number of fused-ring (bicyclic) bond motifs is 5. The minimum absolute atomic E-state index is 0.111. The molecule has 2 heterocycles. The van der Waals surface area contributed by atoms with Gasteiger partial charge in [0, 0.05) is 17.2 Å². The predicted octanol–water partition coefficient (Wildman–Crippen LogP) is 3.28. The number of hydrogen-bond donors (Lipinski definition) is 1. The second-order valence-electron chi connectivity index (χ2n) is 6.55. The molecule has 0 radical (unpaired) electrons. The van der Waals surface area contributed by atoms with Crippen molar-refractivity contribution < 1.29 is 9.53 Å². The van der Waals surface area contributed by atoms with Gasteiger partial charge in [-0.3, -0.25) is 4.79 Å². The quantitative estimate of drug-likeness (QED) is 0.809. The van der Waals surface area contributed by atoms with Crippen molar-refractivity contribution in [3.05, 3.63) is 53.7 Å². The molecule has 3 aliphatic rings. The second kappa shape index (κ2) is 4.13. The predicted molar refractivity (Wildman–Crippen MR) is 84.7 cm³/mol. The fraction of sp³-hybridized carbons (Fsp3) is 0.316. The smallest absolute Gasteiger partial charge is 0.239 e. The lowest BCUT2D eigenvalue weighted by molar-refractivity contribution is -0.125. The van der Waals surface area contributed by atoms with E-state index in [1.165, 1.54) is 5.39 Å². The van der Waals surface area contributed by atoms with Crippen LogP contribution < -0.4 is 10.1 Å². The van der Waals surface area contributed by atoms with E-state index in [2.05, 4.69) is 35.7 Å². The van der Waals surface area contributed by atoms with Crippen molar-refractivity contribution in [1.29, 1.82) is 0 Å². The van der Waals surface area contributed by atoms with Gasteiger partial charge >= 0.3 is 0 Å². The van der Waals surface area contributed by atoms with Gasteiger partial charge in [-0.2, -0.15) is 0 Å². The third-order valence-corrected chi connectivity index (χ3v) is 5.48. The van der Waals surface area contributed by atoms with Crippen molar-refractivity contribution in [2.24, 2.45) is 5.92 Å². The van der Waals surface area contributed by atoms with E-state index in [0.29, 0.717) is 6.61 Å². The standard InChI is InChI=1S/C19H17NO2/c21-18-19(14-7-3-4-8-16(14)20-18)11-22-17-10-13-6-2-1-5-12(13)9-15(17)19/h1-2,5-6,8-10,14H,3-4,7,11H2,(H,20,21). The van der Waals surface area contributed by atoms with Gasteiger partial charge in [-0.25, -0.2) is 0 Å². The maximum atomic E-state index is 12.8. The SMILES string of the molecule is O=C1NC2=CCCCC2C12COc1cc3ccccc3cc12. The molecule has 0 saturated carbocycles. The zero-order chi connectivity index (χ0) is 14.7. The van der Waals surface area contributed by atoms with E-state index in [4.69, 9.17) is 4.74 Å². The summed E-state index contributed by atoms with van der Waals surface area (Å²) in [5, 5.41) is 5.46. The van der Waals surface area contributed by atoms with E-state index in [1.54, 1.807) is 0 Å². The summed E-state index contributed by atoms with van der Waals surface area (Å²) in [7, 11) is 0. The van der Waals surface area contributed by atoms with Crippen LogP contribution in [0.1, 0.15) is 24.8 Å². The van der Waals surface area contributed by atoms with Crippen LogP contribution in [0.15, 0.2) is 48.2 Å². The lowest BCUT2D eigenvalue weighted by Crippen LogP contribution is -2.41. The lowest BCUT2D eigenvalue weighted by atomic mass is 9.69. The van der Waals surface area contributed by atoms with Crippen LogP contribution in [0, 0.1) is 5.92 Å². The summed E-state index contributed by atoms with van der Waals surface area (Å²) in [5.74, 6) is 1.23. The van der Waals surface area contributed by atoms with E-state index in [9.17, 15) is 4.79 Å². The Morgan fingerprint density at radius 1 is 1.18 bits per heavy atom. The number of nitrogens with one attached hydrogen (secondary N) is 1. The van der Waals surface area contributed by atoms with Crippen LogP contribution in [-0.2, 0) is 10.2 Å². The van der Waals surface area contributed by atoms with Gasteiger partial charge in [0.05, 0.1) is 0 Å². The van der Waals surface area contributed by atoms with E-state index >= 15 is 0 Å². The molecule has 1 aliphatic carbocycles. The largest absolute Gasteiger partial charge is 0.492 e. The number of ether oxygens (including phenoxy) is 1. The van der Waals surface area contributed by atoms with Gasteiger partial charge in [0.15, 0.2) is 0 Å². The molecule has 22 heavy (non-hydrogen) atoms. The van der Waals surface area contributed by atoms with Crippen LogP contribution in [0.2, 0.25) is 0 Å². The van der Waals surface area contributed by atoms with Crippen LogP contribution in [0.25, 0.3) is 10.8 Å². The number of allylic oxidation sites excluding steroid dienone is 2. The highest BCUT2D eigenvalue weighted by molar-refractivity contribution is 5.97. The first kappa shape index (κ1) is 12.3. The number of hydrogen-bond acceptors (Lipinski definition) is 2. The Hall–Kier alpha value is -2.29. The number of carbonyl (C=O) groups excluding carboxylic acids is 1. The molecule has 2 aliphatic heterocycles. The molecule has 2 aromatic carbocycles. The zero-order valence-electron chi connectivity index (χ0n) is 12.3. The van der Waals surface area contributed by atoms with Crippen molar-refractivity contribution in [3.8, 4) is 5.75 Å². The normalized spacial score (nSPS) is 29.0. The molecule has 1 N–H and O–H groups in total. The summed E-state index contributed by atoms with van der Waals surface area (Å²) >= 11 is 0. The van der Waals surface area contributed by atoms with E-state index in [-0.39, 0.29) is 11.8 Å². The number of benzene rings is 2. The Kier molecular flexibility index (Phi) is 2.30. The van der Waals surface area contributed by atoms with E-state index in [0.717, 1.165) is 41.7 Å². The molecule has 2 aromatic rings. The fourth-order valence-electron chi connectivity index (χ4n) is 4.36. The van der Waals surface area contributed by atoms with Gasteiger partial charge in [0.2, 0.25) is 5.91 Å². The molecule has 1 amide bonds. The Labute approximate surface area is 129 Å². The molecule has 1 fully saturated rings. The average Bonchev–Trinajstić information content (AvgIpc) is 3.06. The summed E-state index contributed by atoms with van der Waals surface area (Å²) in [5.41, 5.74) is 1.66. The van der Waals surface area contributed by atoms with Gasteiger partial charge in [0.25, 0.3) is 0 Å². The third kappa shape index (κ3) is 1.39. The van der Waals surface area contributed by atoms with Crippen LogP contribution >= 0.6 is 0 Å².